The second kappa shape index (κ2) is 12.0. The molecule has 0 heterocycles. The van der Waals surface area contributed by atoms with Gasteiger partial charge in [-0.05, 0) is 62.7 Å². The van der Waals surface area contributed by atoms with E-state index < -0.39 is 16.8 Å². The molecule has 166 valence electrons. The summed E-state index contributed by atoms with van der Waals surface area (Å²) in [6.45, 7) is 3.05. The molecule has 0 amide bonds. The summed E-state index contributed by atoms with van der Waals surface area (Å²) in [4.78, 5) is 0.249. The Balaban J connectivity index is 2.02. The van der Waals surface area contributed by atoms with Gasteiger partial charge in [0.25, 0.3) is 0 Å². The van der Waals surface area contributed by atoms with Gasteiger partial charge in [-0.15, -0.1) is 0 Å². The van der Waals surface area contributed by atoms with Crippen molar-refractivity contribution in [2.75, 3.05) is 19.8 Å². The Morgan fingerprint density at radius 3 is 2.17 bits per heavy atom. The molecule has 6 nitrogen and oxygen atoms in total. The Labute approximate surface area is 184 Å². The number of benzene rings is 2. The second-order valence-electron chi connectivity index (χ2n) is 6.64. The molecule has 0 radical (unpaired) electrons. The Bertz CT molecular complexity index is 910. The number of hydrogen-bond acceptors (Lipinski definition) is 6. The van der Waals surface area contributed by atoms with Crippen molar-refractivity contribution in [2.24, 2.45) is 0 Å². The lowest BCUT2D eigenvalue weighted by molar-refractivity contribution is 0.236. The van der Waals surface area contributed by atoms with Crippen LogP contribution in [0.4, 0.5) is 0 Å². The molecule has 2 aromatic rings. The summed E-state index contributed by atoms with van der Waals surface area (Å²) in [6.07, 6.45) is 1.20. The summed E-state index contributed by atoms with van der Waals surface area (Å²) < 4.78 is 51.4. The van der Waals surface area contributed by atoms with E-state index in [0.717, 1.165) is 11.1 Å². The van der Waals surface area contributed by atoms with Crippen LogP contribution in [0.5, 0.6) is 0 Å². The predicted molar refractivity (Wildman–Crippen MR) is 123 cm³/mol. The van der Waals surface area contributed by atoms with Crippen LogP contribution in [0.3, 0.4) is 0 Å². The molecule has 1 atom stereocenters. The third-order valence-electron chi connectivity index (χ3n) is 4.27. The molecule has 0 bridgehead atoms. The molecule has 0 aliphatic heterocycles. The van der Waals surface area contributed by atoms with Crippen LogP contribution in [0.15, 0.2) is 59.5 Å². The summed E-state index contributed by atoms with van der Waals surface area (Å²) in [5, 5.41) is -0.140. The fourth-order valence-corrected chi connectivity index (χ4v) is 8.19. The highest BCUT2D eigenvalue weighted by atomic mass is 32.7. The van der Waals surface area contributed by atoms with Gasteiger partial charge in [0.2, 0.25) is 10.0 Å². The van der Waals surface area contributed by atoms with Gasteiger partial charge in [-0.3, -0.25) is 0 Å². The minimum absolute atomic E-state index is 0.140. The number of rotatable bonds is 13. The molecule has 0 aliphatic carbocycles. The Hall–Kier alpha value is -1.15. The molecule has 30 heavy (non-hydrogen) atoms. The zero-order valence-corrected chi connectivity index (χ0v) is 20.1. The van der Waals surface area contributed by atoms with Gasteiger partial charge in [-0.25, -0.2) is 17.7 Å². The van der Waals surface area contributed by atoms with E-state index in [1.54, 1.807) is 38.1 Å². The molecule has 0 spiro atoms. The molecular formula is C21H30NO5PS2. The van der Waals surface area contributed by atoms with Crippen LogP contribution < -0.4 is 4.72 Å². The van der Waals surface area contributed by atoms with Crippen molar-refractivity contribution in [3.63, 3.8) is 0 Å². The summed E-state index contributed by atoms with van der Waals surface area (Å²) in [7, 11) is -3.55. The lowest BCUT2D eigenvalue weighted by Crippen LogP contribution is -2.25. The first-order valence-corrected chi connectivity index (χ1v) is 14.5. The molecule has 0 aliphatic rings. The summed E-state index contributed by atoms with van der Waals surface area (Å²) in [6, 6.07) is 16.5. The van der Waals surface area contributed by atoms with Gasteiger partial charge in [-0.1, -0.05) is 48.0 Å². The van der Waals surface area contributed by atoms with Crippen molar-refractivity contribution in [1.82, 2.24) is 4.72 Å². The van der Waals surface area contributed by atoms with Gasteiger partial charge in [-0.2, -0.15) is 0 Å². The van der Waals surface area contributed by atoms with Crippen LogP contribution in [0.25, 0.3) is 0 Å². The summed E-state index contributed by atoms with van der Waals surface area (Å²) >= 11 is 1.18. The van der Waals surface area contributed by atoms with Gasteiger partial charge in [0, 0.05) is 11.8 Å². The third kappa shape index (κ3) is 7.84. The largest absolute Gasteiger partial charge is 0.389 e. The molecule has 2 aromatic carbocycles. The SMILES string of the molecule is CCOP(=O)(OCC)SC(CCCNS(=O)(=O)c1ccc(C)cc1)c1ccccc1. The van der Waals surface area contributed by atoms with Crippen LogP contribution >= 0.6 is 18.2 Å². The number of hydrogen-bond donors (Lipinski definition) is 1. The van der Waals surface area contributed by atoms with E-state index in [-0.39, 0.29) is 16.7 Å². The van der Waals surface area contributed by atoms with Crippen LogP contribution in [-0.4, -0.2) is 28.2 Å². The average molecular weight is 472 g/mol. The van der Waals surface area contributed by atoms with Gasteiger partial charge in [0.05, 0.1) is 18.1 Å². The molecule has 0 saturated heterocycles. The predicted octanol–water partition coefficient (Wildman–Crippen LogP) is 5.71. The highest BCUT2D eigenvalue weighted by molar-refractivity contribution is 8.55. The first-order chi connectivity index (χ1) is 14.3. The van der Waals surface area contributed by atoms with Crippen molar-refractivity contribution in [3.05, 3.63) is 65.7 Å². The maximum absolute atomic E-state index is 13.0. The lowest BCUT2D eigenvalue weighted by Gasteiger charge is -2.23. The van der Waals surface area contributed by atoms with Gasteiger partial charge in [0.1, 0.15) is 0 Å². The molecule has 0 saturated carbocycles. The Morgan fingerprint density at radius 1 is 1.00 bits per heavy atom. The average Bonchev–Trinajstić information content (AvgIpc) is 2.71. The number of nitrogens with one attached hydrogen (secondary N) is 1. The van der Waals surface area contributed by atoms with Gasteiger partial charge in [0.15, 0.2) is 0 Å². The summed E-state index contributed by atoms with van der Waals surface area (Å²) in [5.74, 6) is 0. The molecule has 1 N–H and O–H groups in total. The standard InChI is InChI=1S/C21H30NO5PS2/c1-4-26-28(23,27-5-2)29-21(19-10-7-6-8-11-19)12-9-17-22-30(24,25)20-15-13-18(3)14-16-20/h6-8,10-11,13-16,21-22H,4-5,9,12,17H2,1-3H3. The zero-order chi connectivity index (χ0) is 22.0. The van der Waals surface area contributed by atoms with Crippen LogP contribution in [0, 0.1) is 6.92 Å². The minimum Gasteiger partial charge on any atom is -0.301 e. The quantitative estimate of drug-likeness (QED) is 0.298. The van der Waals surface area contributed by atoms with Crippen molar-refractivity contribution in [1.29, 1.82) is 0 Å². The Kier molecular flexibility index (Phi) is 10.1. The Morgan fingerprint density at radius 2 is 1.60 bits per heavy atom. The van der Waals surface area contributed by atoms with Crippen LogP contribution in [0.1, 0.15) is 43.1 Å². The first-order valence-electron chi connectivity index (χ1n) is 9.98. The maximum Gasteiger partial charge on any atom is 0.389 e. The highest BCUT2D eigenvalue weighted by Gasteiger charge is 2.30. The fraction of sp³-hybridized carbons (Fsp3) is 0.429. The second-order valence-corrected chi connectivity index (χ2v) is 12.6. The number of sulfonamides is 1. The molecule has 9 heteroatoms. The van der Waals surface area contributed by atoms with Crippen molar-refractivity contribution < 1.29 is 22.0 Å². The van der Waals surface area contributed by atoms with E-state index in [9.17, 15) is 13.0 Å². The maximum atomic E-state index is 13.0. The highest BCUT2D eigenvalue weighted by Crippen LogP contribution is 2.66. The molecule has 1 unspecified atom stereocenters. The van der Waals surface area contributed by atoms with E-state index in [4.69, 9.17) is 9.05 Å². The molecule has 0 fully saturated rings. The zero-order valence-electron chi connectivity index (χ0n) is 17.6. The van der Waals surface area contributed by atoms with E-state index in [0.29, 0.717) is 26.1 Å². The van der Waals surface area contributed by atoms with Gasteiger partial charge >= 0.3 is 6.80 Å². The van der Waals surface area contributed by atoms with Crippen LogP contribution in [-0.2, 0) is 23.6 Å². The van der Waals surface area contributed by atoms with E-state index in [2.05, 4.69) is 4.72 Å². The fourth-order valence-electron chi connectivity index (χ4n) is 2.81. The summed E-state index contributed by atoms with van der Waals surface area (Å²) in [5.41, 5.74) is 2.01. The lowest BCUT2D eigenvalue weighted by atomic mass is 10.1. The minimum atomic E-state index is -3.55. The molecular weight excluding hydrogens is 441 g/mol. The van der Waals surface area contributed by atoms with E-state index in [1.165, 1.54) is 11.4 Å². The van der Waals surface area contributed by atoms with Crippen molar-refractivity contribution >= 4 is 28.2 Å². The van der Waals surface area contributed by atoms with Gasteiger partial charge < -0.3 is 9.05 Å². The van der Waals surface area contributed by atoms with Crippen molar-refractivity contribution in [3.8, 4) is 0 Å². The van der Waals surface area contributed by atoms with E-state index in [1.807, 2.05) is 37.3 Å². The van der Waals surface area contributed by atoms with E-state index >= 15 is 0 Å². The normalized spacial score (nSPS) is 13.3. The topological polar surface area (TPSA) is 81.7 Å². The van der Waals surface area contributed by atoms with Crippen molar-refractivity contribution in [2.45, 2.75) is 43.8 Å². The monoisotopic (exact) mass is 471 g/mol. The number of aryl methyl sites for hydroxylation is 1. The smallest absolute Gasteiger partial charge is 0.301 e. The molecule has 2 rings (SSSR count). The van der Waals surface area contributed by atoms with Crippen LogP contribution in [0.2, 0.25) is 0 Å². The first kappa shape index (κ1) is 25.1. The molecule has 0 aromatic heterocycles. The third-order valence-corrected chi connectivity index (χ3v) is 10.1.